The number of rotatable bonds is 5. The molecule has 8 heteroatoms. The molecule has 3 N–H and O–H groups in total. The first-order valence-electron chi connectivity index (χ1n) is 11.0. The number of nitrogens with two attached hydrogens (primary N) is 1. The summed E-state index contributed by atoms with van der Waals surface area (Å²) in [6.45, 7) is 5.31. The van der Waals surface area contributed by atoms with Crippen LogP contribution in [-0.4, -0.2) is 59.8 Å². The molecule has 1 aromatic rings. The number of likely N-dealkylation sites (tertiary alicyclic amines) is 1. The van der Waals surface area contributed by atoms with Crippen LogP contribution in [-0.2, 0) is 14.3 Å². The highest BCUT2D eigenvalue weighted by Crippen LogP contribution is 2.55. The van der Waals surface area contributed by atoms with Crippen LogP contribution in [0.2, 0.25) is 0 Å². The summed E-state index contributed by atoms with van der Waals surface area (Å²) in [6.07, 6.45) is 1.66. The van der Waals surface area contributed by atoms with E-state index < -0.39 is 17.6 Å². The monoisotopic (exact) mass is 432 g/mol. The number of nitrogens with zero attached hydrogens (tertiary/aromatic N) is 1. The van der Waals surface area contributed by atoms with Crippen LogP contribution in [0.5, 0.6) is 11.5 Å². The fourth-order valence-corrected chi connectivity index (χ4v) is 5.29. The van der Waals surface area contributed by atoms with Gasteiger partial charge < -0.3 is 30.0 Å². The highest BCUT2D eigenvalue weighted by molar-refractivity contribution is 5.82. The lowest BCUT2D eigenvalue weighted by Gasteiger charge is -2.53. The van der Waals surface area contributed by atoms with Crippen molar-refractivity contribution in [2.24, 2.45) is 17.6 Å². The van der Waals surface area contributed by atoms with Crippen LogP contribution in [0, 0.1) is 11.8 Å². The van der Waals surface area contributed by atoms with Crippen molar-refractivity contribution in [2.75, 3.05) is 20.2 Å². The first-order valence-corrected chi connectivity index (χ1v) is 11.0. The van der Waals surface area contributed by atoms with Gasteiger partial charge in [-0.3, -0.25) is 9.59 Å². The van der Waals surface area contributed by atoms with Crippen molar-refractivity contribution in [3.05, 3.63) is 23.8 Å². The summed E-state index contributed by atoms with van der Waals surface area (Å²) in [6, 6.07) is 5.13. The Balaban J connectivity index is 1.50. The number of para-hydroxylation sites is 1. The molecule has 31 heavy (non-hydrogen) atoms. The van der Waals surface area contributed by atoms with Gasteiger partial charge in [0.25, 0.3) is 0 Å². The van der Waals surface area contributed by atoms with Crippen molar-refractivity contribution in [3.63, 3.8) is 0 Å². The fourth-order valence-electron chi connectivity index (χ4n) is 5.29. The summed E-state index contributed by atoms with van der Waals surface area (Å²) < 4.78 is 18.6. The van der Waals surface area contributed by atoms with Crippen LogP contribution in [0.25, 0.3) is 0 Å². The third-order valence-corrected chi connectivity index (χ3v) is 7.00. The quantitative estimate of drug-likeness (QED) is 0.735. The maximum absolute atomic E-state index is 12.8. The number of carbonyl (C=O) groups is 2. The second-order valence-corrected chi connectivity index (χ2v) is 9.39. The van der Waals surface area contributed by atoms with Gasteiger partial charge in [-0.05, 0) is 39.2 Å². The molecule has 0 aromatic heterocycles. The van der Waals surface area contributed by atoms with Crippen molar-refractivity contribution in [1.29, 1.82) is 0 Å². The number of benzene rings is 1. The van der Waals surface area contributed by atoms with Gasteiger partial charge in [0.15, 0.2) is 11.5 Å². The molecule has 0 spiro atoms. The van der Waals surface area contributed by atoms with E-state index >= 15 is 0 Å². The molecule has 3 aliphatic rings. The molecule has 1 aromatic carbocycles. The first-order chi connectivity index (χ1) is 14.7. The van der Waals surface area contributed by atoms with Gasteiger partial charge in [0, 0.05) is 36.9 Å². The van der Waals surface area contributed by atoms with Gasteiger partial charge >= 0.3 is 5.97 Å². The minimum Gasteiger partial charge on any atom is -0.493 e. The lowest BCUT2D eigenvalue weighted by Crippen LogP contribution is -2.57. The van der Waals surface area contributed by atoms with Crippen molar-refractivity contribution in [1.82, 2.24) is 4.90 Å². The number of piperidine rings is 1. The molecule has 4 rings (SSSR count). The Morgan fingerprint density at radius 3 is 2.87 bits per heavy atom. The number of fused-ring (bicyclic) bond motifs is 4. The van der Waals surface area contributed by atoms with E-state index in [-0.39, 0.29) is 42.8 Å². The van der Waals surface area contributed by atoms with E-state index in [2.05, 4.69) is 13.8 Å². The molecule has 0 aliphatic carbocycles. The van der Waals surface area contributed by atoms with Crippen LogP contribution in [0.3, 0.4) is 0 Å². The Labute approximate surface area is 182 Å². The minimum atomic E-state index is -0.940. The maximum atomic E-state index is 12.8. The van der Waals surface area contributed by atoms with Crippen LogP contribution < -0.4 is 15.2 Å². The topological polar surface area (TPSA) is 111 Å². The summed E-state index contributed by atoms with van der Waals surface area (Å²) in [5.41, 5.74) is 6.56. The van der Waals surface area contributed by atoms with Gasteiger partial charge in [0.05, 0.1) is 25.4 Å². The number of hydrogen-bond acceptors (Lipinski definition) is 6. The molecular formula is C23H32N2O6. The van der Waals surface area contributed by atoms with Crippen molar-refractivity contribution in [2.45, 2.75) is 63.4 Å². The SMILES string of the molecule is COc1cccc2c1OC(C)(C)[C@H]1C[C@@H]3CN(C(=O)[C@@H](N)CCC(=O)O)CC[C@@H]3O[C@H]21. The summed E-state index contributed by atoms with van der Waals surface area (Å²) in [5.74, 6) is 0.697. The summed E-state index contributed by atoms with van der Waals surface area (Å²) in [7, 11) is 1.64. The van der Waals surface area contributed by atoms with Crippen LogP contribution in [0.15, 0.2) is 18.2 Å². The number of carbonyl (C=O) groups excluding carboxylic acids is 1. The van der Waals surface area contributed by atoms with Gasteiger partial charge in [-0.25, -0.2) is 0 Å². The summed E-state index contributed by atoms with van der Waals surface area (Å²) in [4.78, 5) is 25.3. The summed E-state index contributed by atoms with van der Waals surface area (Å²) in [5, 5.41) is 8.85. The van der Waals surface area contributed by atoms with Crippen molar-refractivity contribution in [3.8, 4) is 11.5 Å². The second-order valence-electron chi connectivity index (χ2n) is 9.39. The zero-order valence-electron chi connectivity index (χ0n) is 18.4. The molecule has 3 heterocycles. The standard InChI is InChI=1S/C23H32N2O6/c1-23(2)15-11-13-12-25(22(28)16(24)7-8-19(26)27)10-9-17(13)30-20(15)14-5-4-6-18(29-3)21(14)31-23/h4-6,13,15-17,20H,7-12,24H2,1-3H3,(H,26,27)/t13-,15+,16+,17+,20-/m1/s1. The van der Waals surface area contributed by atoms with Crippen molar-refractivity contribution < 1.29 is 28.9 Å². The Bertz CT molecular complexity index is 856. The lowest BCUT2D eigenvalue weighted by atomic mass is 9.70. The van der Waals surface area contributed by atoms with E-state index in [1.54, 1.807) is 12.0 Å². The number of ether oxygens (including phenoxy) is 3. The zero-order valence-corrected chi connectivity index (χ0v) is 18.4. The number of aliphatic carboxylic acids is 1. The molecule has 1 amide bonds. The van der Waals surface area contributed by atoms with Crippen molar-refractivity contribution >= 4 is 11.9 Å². The van der Waals surface area contributed by atoms with Crippen LogP contribution in [0.4, 0.5) is 0 Å². The Morgan fingerprint density at radius 1 is 1.39 bits per heavy atom. The van der Waals surface area contributed by atoms with Gasteiger partial charge in [-0.2, -0.15) is 0 Å². The van der Waals surface area contributed by atoms with E-state index in [0.29, 0.717) is 18.8 Å². The Kier molecular flexibility index (Phi) is 5.87. The minimum absolute atomic E-state index is 0.0634. The molecule has 3 aliphatic heterocycles. The number of methoxy groups -OCH3 is 1. The fraction of sp³-hybridized carbons (Fsp3) is 0.652. The number of carboxylic acid groups (broad SMARTS) is 1. The molecule has 0 saturated carbocycles. The van der Waals surface area contributed by atoms with Gasteiger partial charge in [0.1, 0.15) is 5.60 Å². The Morgan fingerprint density at radius 2 is 2.16 bits per heavy atom. The van der Waals surface area contributed by atoms with E-state index in [9.17, 15) is 9.59 Å². The number of carboxylic acids is 1. The molecule has 170 valence electrons. The Hall–Kier alpha value is -2.32. The summed E-state index contributed by atoms with van der Waals surface area (Å²) >= 11 is 0. The average molecular weight is 433 g/mol. The smallest absolute Gasteiger partial charge is 0.303 e. The van der Waals surface area contributed by atoms with E-state index in [1.165, 1.54) is 0 Å². The highest BCUT2D eigenvalue weighted by atomic mass is 16.5. The first kappa shape index (κ1) is 21.9. The van der Waals surface area contributed by atoms with E-state index in [4.69, 9.17) is 25.1 Å². The molecular weight excluding hydrogens is 400 g/mol. The third kappa shape index (κ3) is 4.11. The van der Waals surface area contributed by atoms with Gasteiger partial charge in [-0.15, -0.1) is 0 Å². The molecule has 2 saturated heterocycles. The van der Waals surface area contributed by atoms with Gasteiger partial charge in [0.2, 0.25) is 5.91 Å². The highest BCUT2D eigenvalue weighted by Gasteiger charge is 2.52. The maximum Gasteiger partial charge on any atom is 0.303 e. The normalized spacial score (nSPS) is 29.6. The van der Waals surface area contributed by atoms with E-state index in [1.807, 2.05) is 18.2 Å². The third-order valence-electron chi connectivity index (χ3n) is 7.00. The lowest BCUT2D eigenvalue weighted by molar-refractivity contribution is -0.189. The second kappa shape index (κ2) is 8.31. The number of hydrogen-bond donors (Lipinski definition) is 2. The molecule has 2 fully saturated rings. The largest absolute Gasteiger partial charge is 0.493 e. The predicted octanol–water partition coefficient (Wildman–Crippen LogP) is 2.35. The molecule has 0 unspecified atom stereocenters. The molecule has 0 radical (unpaired) electrons. The van der Waals surface area contributed by atoms with Crippen LogP contribution in [0.1, 0.15) is 51.2 Å². The zero-order chi connectivity index (χ0) is 22.3. The molecule has 5 atom stereocenters. The predicted molar refractivity (Wildman–Crippen MR) is 113 cm³/mol. The van der Waals surface area contributed by atoms with Crippen LogP contribution >= 0.6 is 0 Å². The van der Waals surface area contributed by atoms with Gasteiger partial charge in [-0.1, -0.05) is 12.1 Å². The van der Waals surface area contributed by atoms with E-state index in [0.717, 1.165) is 24.2 Å². The molecule has 8 nitrogen and oxygen atoms in total. The number of amides is 1. The molecule has 0 bridgehead atoms. The average Bonchev–Trinajstić information content (AvgIpc) is 2.75.